The second-order valence-corrected chi connectivity index (χ2v) is 8.65. The lowest BCUT2D eigenvalue weighted by Crippen LogP contribution is -2.29. The smallest absolute Gasteiger partial charge is 0.264 e. The average Bonchev–Trinajstić information content (AvgIpc) is 3.00. The van der Waals surface area contributed by atoms with Crippen molar-refractivity contribution < 1.29 is 22.8 Å². The molecule has 2 amide bonds. The molecule has 0 spiro atoms. The highest BCUT2D eigenvalue weighted by atomic mass is 32.2. The first-order valence-electron chi connectivity index (χ1n) is 9.30. The number of Topliss-reactive ketones (excluding diaryl/α,β-unsaturated/α-hetero) is 1. The molecule has 0 radical (unpaired) electrons. The molecule has 2 aromatic carbocycles. The van der Waals surface area contributed by atoms with Gasteiger partial charge in [0.2, 0.25) is 0 Å². The van der Waals surface area contributed by atoms with Gasteiger partial charge >= 0.3 is 0 Å². The second-order valence-electron chi connectivity index (χ2n) is 6.97. The van der Waals surface area contributed by atoms with Gasteiger partial charge in [0.1, 0.15) is 0 Å². The normalized spacial score (nSPS) is 13.3. The van der Waals surface area contributed by atoms with Gasteiger partial charge in [0.15, 0.2) is 5.78 Å². The molecule has 0 aliphatic carbocycles. The summed E-state index contributed by atoms with van der Waals surface area (Å²) in [6.07, 6.45) is 3.14. The maximum absolute atomic E-state index is 13.0. The maximum Gasteiger partial charge on any atom is 0.264 e. The van der Waals surface area contributed by atoms with E-state index >= 15 is 0 Å². The summed E-state index contributed by atoms with van der Waals surface area (Å²) in [6.45, 7) is 1.41. The summed E-state index contributed by atoms with van der Waals surface area (Å²) in [4.78, 5) is 42.1. The molecule has 0 saturated carbocycles. The van der Waals surface area contributed by atoms with Crippen LogP contribution >= 0.6 is 0 Å². The highest BCUT2D eigenvalue weighted by Crippen LogP contribution is 2.31. The van der Waals surface area contributed by atoms with Crippen LogP contribution in [-0.4, -0.2) is 35.9 Å². The van der Waals surface area contributed by atoms with Gasteiger partial charge in [0, 0.05) is 18.0 Å². The fraction of sp³-hybridized carbons (Fsp3) is 0.0909. The Morgan fingerprint density at radius 1 is 1.00 bits per heavy atom. The topological polar surface area (TPSA) is 114 Å². The van der Waals surface area contributed by atoms with Crippen molar-refractivity contribution in [1.82, 2.24) is 9.88 Å². The number of nitrogens with zero attached hydrogens (tertiary/aromatic N) is 2. The zero-order valence-electron chi connectivity index (χ0n) is 16.4. The van der Waals surface area contributed by atoms with Crippen molar-refractivity contribution in [3.05, 3.63) is 89.2 Å². The lowest BCUT2D eigenvalue weighted by molar-refractivity contribution is 0.0642. The summed E-state index contributed by atoms with van der Waals surface area (Å²) in [5, 5.41) is 0. The van der Waals surface area contributed by atoms with Crippen LogP contribution in [0.5, 0.6) is 0 Å². The number of fused-ring (bicyclic) bond motifs is 1. The first kappa shape index (κ1) is 20.4. The van der Waals surface area contributed by atoms with Crippen molar-refractivity contribution in [2.75, 3.05) is 4.72 Å². The molecule has 0 fully saturated rings. The molecule has 1 N–H and O–H groups in total. The SMILES string of the molecule is CC(=O)c1ccc(S(=O)(=O)Nc2cccc3c2C(=O)N(Cc2cccnc2)C3=O)cc1. The van der Waals surface area contributed by atoms with E-state index in [1.165, 1.54) is 49.4 Å². The molecule has 0 saturated heterocycles. The predicted molar refractivity (Wildman–Crippen MR) is 112 cm³/mol. The molecule has 0 unspecified atom stereocenters. The van der Waals surface area contributed by atoms with Crippen molar-refractivity contribution in [3.8, 4) is 0 Å². The molecule has 4 rings (SSSR count). The van der Waals surface area contributed by atoms with Crippen LogP contribution in [0, 0.1) is 0 Å². The quantitative estimate of drug-likeness (QED) is 0.470. The Labute approximate surface area is 178 Å². The zero-order valence-corrected chi connectivity index (χ0v) is 17.2. The van der Waals surface area contributed by atoms with Gasteiger partial charge in [-0.05, 0) is 42.8 Å². The van der Waals surface area contributed by atoms with Gasteiger partial charge in [0.05, 0.1) is 28.3 Å². The van der Waals surface area contributed by atoms with Crippen LogP contribution in [0.15, 0.2) is 71.9 Å². The summed E-state index contributed by atoms with van der Waals surface area (Å²) in [6, 6.07) is 13.3. The molecule has 1 aliphatic heterocycles. The molecular formula is C22H17N3O5S. The Bertz CT molecular complexity index is 1300. The fourth-order valence-electron chi connectivity index (χ4n) is 3.31. The number of hydrogen-bond donors (Lipinski definition) is 1. The number of benzene rings is 2. The third kappa shape index (κ3) is 3.82. The number of aromatic nitrogens is 1. The maximum atomic E-state index is 13.0. The van der Waals surface area contributed by atoms with E-state index in [4.69, 9.17) is 0 Å². The standard InChI is InChI=1S/C22H17N3O5S/c1-14(26)16-7-9-17(10-8-16)31(29,30)24-19-6-2-5-18-20(19)22(28)25(21(18)27)13-15-4-3-11-23-12-15/h2-12,24H,13H2,1H3. The van der Waals surface area contributed by atoms with Crippen molar-refractivity contribution in [1.29, 1.82) is 0 Å². The van der Waals surface area contributed by atoms with Crippen molar-refractivity contribution in [3.63, 3.8) is 0 Å². The van der Waals surface area contributed by atoms with Crippen LogP contribution < -0.4 is 4.72 Å². The number of carbonyl (C=O) groups is 3. The van der Waals surface area contributed by atoms with Gasteiger partial charge in [0.25, 0.3) is 21.8 Å². The lowest BCUT2D eigenvalue weighted by Gasteiger charge is -2.14. The Hall–Kier alpha value is -3.85. The number of nitrogens with one attached hydrogen (secondary N) is 1. The Morgan fingerprint density at radius 2 is 1.74 bits per heavy atom. The van der Waals surface area contributed by atoms with E-state index in [0.29, 0.717) is 11.1 Å². The molecule has 1 aromatic heterocycles. The minimum Gasteiger partial charge on any atom is -0.295 e. The second kappa shape index (κ2) is 7.77. The predicted octanol–water partition coefficient (Wildman–Crippen LogP) is 2.88. The van der Waals surface area contributed by atoms with E-state index in [1.54, 1.807) is 24.5 Å². The van der Waals surface area contributed by atoms with E-state index in [-0.39, 0.29) is 34.0 Å². The van der Waals surface area contributed by atoms with Crippen LogP contribution in [0.1, 0.15) is 43.6 Å². The molecule has 156 valence electrons. The number of carbonyl (C=O) groups excluding carboxylic acids is 3. The van der Waals surface area contributed by atoms with Gasteiger partial charge in [-0.25, -0.2) is 8.42 Å². The van der Waals surface area contributed by atoms with Gasteiger partial charge < -0.3 is 0 Å². The van der Waals surface area contributed by atoms with Gasteiger partial charge in [-0.3, -0.25) is 29.0 Å². The molecular weight excluding hydrogens is 418 g/mol. The molecule has 0 bridgehead atoms. The van der Waals surface area contributed by atoms with E-state index in [9.17, 15) is 22.8 Å². The number of hydrogen-bond acceptors (Lipinski definition) is 6. The van der Waals surface area contributed by atoms with Crippen LogP contribution in [0.25, 0.3) is 0 Å². The van der Waals surface area contributed by atoms with Crippen LogP contribution in [0.3, 0.4) is 0 Å². The molecule has 0 atom stereocenters. The Kier molecular flexibility index (Phi) is 5.12. The van der Waals surface area contributed by atoms with Crippen LogP contribution in [0.2, 0.25) is 0 Å². The Morgan fingerprint density at radius 3 is 2.39 bits per heavy atom. The van der Waals surface area contributed by atoms with Crippen molar-refractivity contribution in [2.24, 2.45) is 0 Å². The van der Waals surface area contributed by atoms with Crippen molar-refractivity contribution in [2.45, 2.75) is 18.4 Å². The molecule has 2 heterocycles. The number of sulfonamides is 1. The third-order valence-electron chi connectivity index (χ3n) is 4.88. The highest BCUT2D eigenvalue weighted by Gasteiger charge is 2.38. The minimum absolute atomic E-state index is 0.000298. The van der Waals surface area contributed by atoms with Gasteiger partial charge in [-0.15, -0.1) is 0 Å². The summed E-state index contributed by atoms with van der Waals surface area (Å²) >= 11 is 0. The van der Waals surface area contributed by atoms with E-state index in [2.05, 4.69) is 9.71 Å². The first-order chi connectivity index (χ1) is 14.8. The van der Waals surface area contributed by atoms with E-state index in [1.807, 2.05) is 0 Å². The number of imide groups is 1. The number of amides is 2. The summed E-state index contributed by atoms with van der Waals surface area (Å²) in [5.74, 6) is -1.28. The van der Waals surface area contributed by atoms with Crippen LogP contribution in [-0.2, 0) is 16.6 Å². The lowest BCUT2D eigenvalue weighted by atomic mass is 10.1. The molecule has 3 aromatic rings. The molecule has 1 aliphatic rings. The molecule has 8 nitrogen and oxygen atoms in total. The molecule has 9 heteroatoms. The summed E-state index contributed by atoms with van der Waals surface area (Å²) in [5.41, 5.74) is 1.19. The highest BCUT2D eigenvalue weighted by molar-refractivity contribution is 7.92. The van der Waals surface area contributed by atoms with E-state index in [0.717, 1.165) is 4.90 Å². The summed E-state index contributed by atoms with van der Waals surface area (Å²) < 4.78 is 28.1. The van der Waals surface area contributed by atoms with Gasteiger partial charge in [-0.2, -0.15) is 0 Å². The zero-order chi connectivity index (χ0) is 22.2. The largest absolute Gasteiger partial charge is 0.295 e. The average molecular weight is 435 g/mol. The third-order valence-corrected chi connectivity index (χ3v) is 6.26. The monoisotopic (exact) mass is 435 g/mol. The summed E-state index contributed by atoms with van der Waals surface area (Å²) in [7, 11) is -4.05. The number of anilines is 1. The Balaban J connectivity index is 1.65. The first-order valence-corrected chi connectivity index (χ1v) is 10.8. The number of ketones is 1. The number of rotatable bonds is 6. The molecule has 31 heavy (non-hydrogen) atoms. The minimum atomic E-state index is -4.05. The van der Waals surface area contributed by atoms with Gasteiger partial charge in [-0.1, -0.05) is 24.3 Å². The van der Waals surface area contributed by atoms with E-state index < -0.39 is 21.8 Å². The number of pyridine rings is 1. The van der Waals surface area contributed by atoms with Crippen molar-refractivity contribution >= 4 is 33.3 Å². The van der Waals surface area contributed by atoms with Crippen LogP contribution in [0.4, 0.5) is 5.69 Å². The fourth-order valence-corrected chi connectivity index (χ4v) is 4.38.